The van der Waals surface area contributed by atoms with E-state index >= 15 is 0 Å². The Labute approximate surface area is 309 Å². The van der Waals surface area contributed by atoms with Crippen molar-refractivity contribution in [2.24, 2.45) is 0 Å². The number of rotatable bonds is 4. The molecule has 12 rings (SSSR count). The topological polar surface area (TPSA) is 40.8 Å². The fourth-order valence-corrected chi connectivity index (χ4v) is 8.73. The molecule has 0 aliphatic rings. The second-order valence-electron chi connectivity index (χ2n) is 14.0. The van der Waals surface area contributed by atoms with Crippen LogP contribution in [0.1, 0.15) is 0 Å². The molecule has 0 amide bonds. The van der Waals surface area contributed by atoms with Crippen LogP contribution in [0.15, 0.2) is 186 Å². The summed E-state index contributed by atoms with van der Waals surface area (Å²) in [5, 5.41) is 6.97. The molecule has 8 aromatic carbocycles. The van der Waals surface area contributed by atoms with Crippen molar-refractivity contribution in [1.82, 2.24) is 18.7 Å². The SMILES string of the molecule is c1ccc(-n2c(-c3cccc(-n4c5ccccc5c5c6oc7ccc(-n8c9ccccc9c9ccccc98)cc7c6ccc54)c3)nc3ccccc32)cc1. The summed E-state index contributed by atoms with van der Waals surface area (Å²) in [6.07, 6.45) is 0. The Hall–Kier alpha value is -7.37. The van der Waals surface area contributed by atoms with Crippen molar-refractivity contribution in [3.63, 3.8) is 0 Å². The lowest BCUT2D eigenvalue weighted by atomic mass is 10.1. The predicted molar refractivity (Wildman–Crippen MR) is 222 cm³/mol. The lowest BCUT2D eigenvalue weighted by molar-refractivity contribution is 0.673. The van der Waals surface area contributed by atoms with Crippen LogP contribution in [-0.4, -0.2) is 18.7 Å². The number of benzene rings is 8. The number of para-hydroxylation sites is 6. The monoisotopic (exact) mass is 690 g/mol. The molecule has 0 saturated heterocycles. The Morgan fingerprint density at radius 2 is 0.981 bits per heavy atom. The summed E-state index contributed by atoms with van der Waals surface area (Å²) in [6.45, 7) is 0. The standard InChI is InChI=1S/C49H30N4O/c1-2-14-32(15-3-1)53-44-24-11-7-20-40(44)50-49(53)31-13-12-16-33(29-31)52-43-23-10-6-19-38(43)47-45(52)27-26-37-39-30-34(25-28-46(39)54-48(37)47)51-41-21-8-4-17-35(41)36-18-5-9-22-42(36)51/h1-30H. The average molecular weight is 691 g/mol. The van der Waals surface area contributed by atoms with E-state index in [9.17, 15) is 0 Å². The maximum atomic E-state index is 6.83. The van der Waals surface area contributed by atoms with Crippen molar-refractivity contribution in [2.75, 3.05) is 0 Å². The molecular formula is C49H30N4O. The number of hydrogen-bond donors (Lipinski definition) is 0. The molecule has 0 saturated carbocycles. The number of imidazole rings is 1. The third-order valence-electron chi connectivity index (χ3n) is 11.0. The normalized spacial score (nSPS) is 12.1. The molecule has 4 heterocycles. The Morgan fingerprint density at radius 3 is 1.76 bits per heavy atom. The number of fused-ring (bicyclic) bond motifs is 11. The van der Waals surface area contributed by atoms with Crippen LogP contribution < -0.4 is 0 Å². The largest absolute Gasteiger partial charge is 0.455 e. The summed E-state index contributed by atoms with van der Waals surface area (Å²) in [5.74, 6) is 0.906. The van der Waals surface area contributed by atoms with E-state index < -0.39 is 0 Å². The highest BCUT2D eigenvalue weighted by Gasteiger charge is 2.21. The zero-order valence-electron chi connectivity index (χ0n) is 29.0. The van der Waals surface area contributed by atoms with Gasteiger partial charge in [-0.05, 0) is 84.9 Å². The Kier molecular flexibility index (Phi) is 5.99. The van der Waals surface area contributed by atoms with E-state index in [4.69, 9.17) is 9.40 Å². The van der Waals surface area contributed by atoms with Crippen LogP contribution in [0, 0.1) is 0 Å². The summed E-state index contributed by atoms with van der Waals surface area (Å²) in [4.78, 5) is 5.17. The lowest BCUT2D eigenvalue weighted by Gasteiger charge is -2.12. The van der Waals surface area contributed by atoms with E-state index in [0.717, 1.165) is 83.2 Å². The Bertz CT molecular complexity index is 3400. The minimum Gasteiger partial charge on any atom is -0.455 e. The van der Waals surface area contributed by atoms with E-state index in [1.54, 1.807) is 0 Å². The Morgan fingerprint density at radius 1 is 0.370 bits per heavy atom. The predicted octanol–water partition coefficient (Wildman–Crippen LogP) is 12.8. The molecule has 4 aromatic heterocycles. The minimum atomic E-state index is 0.876. The number of nitrogens with zero attached hydrogens (tertiary/aromatic N) is 4. The molecule has 0 aliphatic heterocycles. The first-order valence-electron chi connectivity index (χ1n) is 18.3. The molecule has 0 N–H and O–H groups in total. The first-order chi connectivity index (χ1) is 26.8. The molecule has 5 nitrogen and oxygen atoms in total. The van der Waals surface area contributed by atoms with Gasteiger partial charge in [-0.15, -0.1) is 0 Å². The van der Waals surface area contributed by atoms with Crippen molar-refractivity contribution in [1.29, 1.82) is 0 Å². The van der Waals surface area contributed by atoms with Gasteiger partial charge in [0.1, 0.15) is 17.0 Å². The van der Waals surface area contributed by atoms with Gasteiger partial charge >= 0.3 is 0 Å². The fourth-order valence-electron chi connectivity index (χ4n) is 8.73. The van der Waals surface area contributed by atoms with E-state index in [0.29, 0.717) is 0 Å². The van der Waals surface area contributed by atoms with E-state index in [1.807, 2.05) is 6.07 Å². The smallest absolute Gasteiger partial charge is 0.145 e. The molecule has 12 aromatic rings. The number of furan rings is 1. The van der Waals surface area contributed by atoms with Crippen LogP contribution in [0.2, 0.25) is 0 Å². The van der Waals surface area contributed by atoms with Gasteiger partial charge in [0.25, 0.3) is 0 Å². The van der Waals surface area contributed by atoms with Crippen LogP contribution >= 0.6 is 0 Å². The van der Waals surface area contributed by atoms with Gasteiger partial charge in [0.15, 0.2) is 0 Å². The van der Waals surface area contributed by atoms with E-state index in [1.165, 1.54) is 21.8 Å². The molecule has 0 spiro atoms. The highest BCUT2D eigenvalue weighted by atomic mass is 16.3. The van der Waals surface area contributed by atoms with Crippen LogP contribution in [0.25, 0.3) is 105 Å². The van der Waals surface area contributed by atoms with Crippen molar-refractivity contribution in [3.05, 3.63) is 182 Å². The molecule has 0 aliphatic carbocycles. The molecule has 0 fully saturated rings. The first-order valence-corrected chi connectivity index (χ1v) is 18.3. The van der Waals surface area contributed by atoms with Crippen LogP contribution in [0.5, 0.6) is 0 Å². The maximum absolute atomic E-state index is 6.83. The van der Waals surface area contributed by atoms with Gasteiger partial charge in [-0.25, -0.2) is 4.98 Å². The van der Waals surface area contributed by atoms with Gasteiger partial charge in [-0.2, -0.15) is 0 Å². The van der Waals surface area contributed by atoms with E-state index in [-0.39, 0.29) is 0 Å². The quantitative estimate of drug-likeness (QED) is 0.184. The molecule has 252 valence electrons. The third-order valence-corrected chi connectivity index (χ3v) is 11.0. The molecule has 0 radical (unpaired) electrons. The van der Waals surface area contributed by atoms with Crippen LogP contribution in [-0.2, 0) is 0 Å². The Balaban J connectivity index is 1.07. The second kappa shape index (κ2) is 11.1. The second-order valence-corrected chi connectivity index (χ2v) is 14.0. The molecule has 0 bridgehead atoms. The molecule has 0 unspecified atom stereocenters. The highest BCUT2D eigenvalue weighted by Crippen LogP contribution is 2.42. The third kappa shape index (κ3) is 4.06. The summed E-state index contributed by atoms with van der Waals surface area (Å²) >= 11 is 0. The van der Waals surface area contributed by atoms with Crippen LogP contribution in [0.3, 0.4) is 0 Å². The van der Waals surface area contributed by atoms with Gasteiger partial charge in [0.05, 0.1) is 38.5 Å². The minimum absolute atomic E-state index is 0.876. The zero-order valence-corrected chi connectivity index (χ0v) is 29.0. The van der Waals surface area contributed by atoms with Gasteiger partial charge in [-0.3, -0.25) is 4.57 Å². The average Bonchev–Trinajstić information content (AvgIpc) is 3.99. The zero-order chi connectivity index (χ0) is 35.3. The summed E-state index contributed by atoms with van der Waals surface area (Å²) in [6, 6.07) is 64.6. The maximum Gasteiger partial charge on any atom is 0.145 e. The molecule has 0 atom stereocenters. The summed E-state index contributed by atoms with van der Waals surface area (Å²) in [5.41, 5.74) is 12.7. The molecule has 5 heteroatoms. The van der Waals surface area contributed by atoms with Gasteiger partial charge in [0.2, 0.25) is 0 Å². The molecule has 54 heavy (non-hydrogen) atoms. The van der Waals surface area contributed by atoms with Crippen LogP contribution in [0.4, 0.5) is 0 Å². The number of aromatic nitrogens is 4. The van der Waals surface area contributed by atoms with Gasteiger partial charge in [-0.1, -0.05) is 97.1 Å². The number of hydrogen-bond acceptors (Lipinski definition) is 2. The summed E-state index contributed by atoms with van der Waals surface area (Å²) in [7, 11) is 0. The van der Waals surface area contributed by atoms with Crippen molar-refractivity contribution >= 4 is 76.6 Å². The first kappa shape index (κ1) is 29.2. The van der Waals surface area contributed by atoms with Crippen molar-refractivity contribution in [2.45, 2.75) is 0 Å². The van der Waals surface area contributed by atoms with Crippen molar-refractivity contribution < 1.29 is 4.42 Å². The van der Waals surface area contributed by atoms with E-state index in [2.05, 4.69) is 190 Å². The fraction of sp³-hybridized carbons (Fsp3) is 0. The lowest BCUT2D eigenvalue weighted by Crippen LogP contribution is -1.99. The van der Waals surface area contributed by atoms with Gasteiger partial charge < -0.3 is 13.6 Å². The highest BCUT2D eigenvalue weighted by molar-refractivity contribution is 6.24. The molecular weight excluding hydrogens is 661 g/mol. The van der Waals surface area contributed by atoms with Crippen molar-refractivity contribution in [3.8, 4) is 28.5 Å². The summed E-state index contributed by atoms with van der Waals surface area (Å²) < 4.78 is 13.8. The van der Waals surface area contributed by atoms with Gasteiger partial charge in [0, 0.05) is 49.6 Å².